The highest BCUT2D eigenvalue weighted by Crippen LogP contribution is 2.18. The van der Waals surface area contributed by atoms with Crippen LogP contribution in [0.25, 0.3) is 0 Å². The van der Waals surface area contributed by atoms with Crippen LogP contribution in [0.1, 0.15) is 56.7 Å². The van der Waals surface area contributed by atoms with Crippen molar-refractivity contribution in [3.63, 3.8) is 0 Å². The number of imidazole rings is 1. The van der Waals surface area contributed by atoms with Crippen molar-refractivity contribution in [2.45, 2.75) is 47.0 Å². The molecular weight excluding hydrogens is 188 g/mol. The van der Waals surface area contributed by atoms with Crippen molar-refractivity contribution in [3.05, 3.63) is 17.7 Å². The Bertz CT molecular complexity index is 303. The second-order valence-corrected chi connectivity index (χ2v) is 2.93. The Morgan fingerprint density at radius 3 is 2.33 bits per heavy atom. The van der Waals surface area contributed by atoms with Gasteiger partial charge in [-0.05, 0) is 12.8 Å². The number of nitrogens with zero attached hydrogens (tertiary/aromatic N) is 2. The van der Waals surface area contributed by atoms with Gasteiger partial charge in [0.15, 0.2) is 5.78 Å². The van der Waals surface area contributed by atoms with Crippen molar-refractivity contribution in [1.29, 1.82) is 0 Å². The summed E-state index contributed by atoms with van der Waals surface area (Å²) in [7, 11) is 1.87. The first-order chi connectivity index (χ1) is 7.29. The molecule has 3 nitrogen and oxygen atoms in total. The van der Waals surface area contributed by atoms with Gasteiger partial charge in [0.1, 0.15) is 5.69 Å². The van der Waals surface area contributed by atoms with Crippen molar-refractivity contribution in [3.8, 4) is 0 Å². The molecule has 0 unspecified atom stereocenters. The molecule has 1 aromatic heterocycles. The summed E-state index contributed by atoms with van der Waals surface area (Å²) in [5.41, 5.74) is 1.79. The fraction of sp³-hybridized carbons (Fsp3) is 0.667. The van der Waals surface area contributed by atoms with Crippen molar-refractivity contribution >= 4 is 5.78 Å². The van der Waals surface area contributed by atoms with Crippen LogP contribution in [0.3, 0.4) is 0 Å². The average molecular weight is 210 g/mol. The molecule has 0 bridgehead atoms. The fourth-order valence-corrected chi connectivity index (χ4v) is 1.55. The largest absolute Gasteiger partial charge is 0.331 e. The smallest absolute Gasteiger partial charge is 0.181 e. The number of aromatic nitrogens is 2. The summed E-state index contributed by atoms with van der Waals surface area (Å²) in [5.74, 6) is 0.242. The summed E-state index contributed by atoms with van der Waals surface area (Å²) in [6.45, 7) is 8.00. The number of fused-ring (bicyclic) bond motifs is 1. The van der Waals surface area contributed by atoms with E-state index in [0.29, 0.717) is 6.42 Å². The van der Waals surface area contributed by atoms with Crippen LogP contribution in [0.15, 0.2) is 6.33 Å². The van der Waals surface area contributed by atoms with Crippen LogP contribution in [0, 0.1) is 0 Å². The van der Waals surface area contributed by atoms with Gasteiger partial charge in [-0.3, -0.25) is 4.79 Å². The minimum absolute atomic E-state index is 0.242. The van der Waals surface area contributed by atoms with Crippen LogP contribution in [0.2, 0.25) is 0 Å². The maximum atomic E-state index is 11.3. The summed E-state index contributed by atoms with van der Waals surface area (Å²) in [6.07, 6.45) is 4.32. The molecule has 15 heavy (non-hydrogen) atoms. The third kappa shape index (κ3) is 3.18. The first kappa shape index (κ1) is 13.9. The van der Waals surface area contributed by atoms with E-state index in [1.165, 1.54) is 0 Å². The molecule has 86 valence electrons. The fourth-order valence-electron chi connectivity index (χ4n) is 1.55. The Morgan fingerprint density at radius 2 is 1.80 bits per heavy atom. The van der Waals surface area contributed by atoms with E-state index in [-0.39, 0.29) is 5.78 Å². The van der Waals surface area contributed by atoms with Crippen LogP contribution in [0.4, 0.5) is 0 Å². The van der Waals surface area contributed by atoms with E-state index >= 15 is 0 Å². The third-order valence-corrected chi connectivity index (χ3v) is 2.09. The van der Waals surface area contributed by atoms with Crippen LogP contribution in [0.5, 0.6) is 0 Å². The number of ketones is 1. The van der Waals surface area contributed by atoms with Gasteiger partial charge in [0.2, 0.25) is 0 Å². The molecule has 0 atom stereocenters. The van der Waals surface area contributed by atoms with E-state index in [4.69, 9.17) is 0 Å². The van der Waals surface area contributed by atoms with Crippen molar-refractivity contribution in [2.75, 3.05) is 0 Å². The normalized spacial score (nSPS) is 13.0. The van der Waals surface area contributed by atoms with E-state index in [2.05, 4.69) is 4.98 Å². The van der Waals surface area contributed by atoms with Crippen molar-refractivity contribution < 1.29 is 4.79 Å². The van der Waals surface area contributed by atoms with Gasteiger partial charge >= 0.3 is 0 Å². The zero-order chi connectivity index (χ0) is 11.8. The maximum absolute atomic E-state index is 11.3. The molecule has 0 saturated carbocycles. The molecule has 0 N–H and O–H groups in total. The molecule has 0 radical (unpaired) electrons. The molecular formula is C12H22N2O. The van der Waals surface area contributed by atoms with Crippen molar-refractivity contribution in [1.82, 2.24) is 9.55 Å². The van der Waals surface area contributed by atoms with Crippen LogP contribution in [-0.2, 0) is 13.5 Å². The molecule has 1 heterocycles. The number of hydrogen-bond acceptors (Lipinski definition) is 2. The first-order valence-corrected chi connectivity index (χ1v) is 5.82. The Morgan fingerprint density at radius 1 is 1.20 bits per heavy atom. The predicted octanol–water partition coefficient (Wildman–Crippen LogP) is 2.99. The number of hydrogen-bond donors (Lipinski definition) is 0. The third-order valence-electron chi connectivity index (χ3n) is 2.09. The topological polar surface area (TPSA) is 34.9 Å². The highest BCUT2D eigenvalue weighted by Gasteiger charge is 2.20. The summed E-state index contributed by atoms with van der Waals surface area (Å²) in [4.78, 5) is 15.5. The zero-order valence-corrected chi connectivity index (χ0v) is 10.5. The second kappa shape index (κ2) is 7.21. The summed E-state index contributed by atoms with van der Waals surface area (Å²) < 4.78 is 1.82. The molecule has 0 aliphatic heterocycles. The van der Waals surface area contributed by atoms with Gasteiger partial charge in [-0.2, -0.15) is 0 Å². The van der Waals surface area contributed by atoms with E-state index in [1.807, 2.05) is 39.3 Å². The molecule has 0 fully saturated rings. The Balaban J connectivity index is 0.000000442. The highest BCUT2D eigenvalue weighted by molar-refractivity contribution is 5.96. The van der Waals surface area contributed by atoms with Crippen molar-refractivity contribution in [2.24, 2.45) is 7.05 Å². The van der Waals surface area contributed by atoms with Crippen LogP contribution < -0.4 is 0 Å². The van der Waals surface area contributed by atoms with E-state index in [1.54, 1.807) is 6.33 Å². The predicted molar refractivity (Wildman–Crippen MR) is 63.2 cm³/mol. The lowest BCUT2D eigenvalue weighted by Crippen LogP contribution is -2.13. The second-order valence-electron chi connectivity index (χ2n) is 2.93. The molecule has 0 spiro atoms. The monoisotopic (exact) mass is 210 g/mol. The molecule has 0 aromatic carbocycles. The Kier molecular flexibility index (Phi) is 6.67. The van der Waals surface area contributed by atoms with Gasteiger partial charge in [-0.25, -0.2) is 4.98 Å². The lowest BCUT2D eigenvalue weighted by Gasteiger charge is -2.09. The zero-order valence-electron chi connectivity index (χ0n) is 10.5. The Hall–Kier alpha value is -1.12. The molecule has 0 saturated heterocycles. The van der Waals surface area contributed by atoms with E-state index in [0.717, 1.165) is 24.2 Å². The molecule has 1 aliphatic rings. The van der Waals surface area contributed by atoms with Gasteiger partial charge in [-0.15, -0.1) is 0 Å². The first-order valence-electron chi connectivity index (χ1n) is 5.82. The number of aryl methyl sites for hydroxylation is 2. The van der Waals surface area contributed by atoms with Crippen LogP contribution in [-0.4, -0.2) is 15.3 Å². The van der Waals surface area contributed by atoms with Gasteiger partial charge in [0, 0.05) is 13.5 Å². The average Bonchev–Trinajstić information content (AvgIpc) is 2.68. The maximum Gasteiger partial charge on any atom is 0.181 e. The standard InChI is InChI=1S/C8H10N2O.2C2H6/c1-10-5-9-6-3-2-4-7(11)8(6)10;2*1-2/h5H,2-4H2,1H3;2*1-2H3. The van der Waals surface area contributed by atoms with E-state index < -0.39 is 0 Å². The summed E-state index contributed by atoms with van der Waals surface area (Å²) in [5, 5.41) is 0. The molecule has 3 heteroatoms. The number of carbonyl (C=O) groups is 1. The SMILES string of the molecule is CC.CC.Cn1cnc2c1C(=O)CCC2. The number of Topliss-reactive ketones (excluding diaryl/α,β-unsaturated/α-hetero) is 1. The lowest BCUT2D eigenvalue weighted by molar-refractivity contribution is 0.0964. The van der Waals surface area contributed by atoms with Gasteiger partial charge in [0.25, 0.3) is 0 Å². The lowest BCUT2D eigenvalue weighted by atomic mass is 10.00. The minimum Gasteiger partial charge on any atom is -0.331 e. The van der Waals surface area contributed by atoms with Gasteiger partial charge < -0.3 is 4.57 Å². The molecule has 2 rings (SSSR count). The quantitative estimate of drug-likeness (QED) is 0.659. The van der Waals surface area contributed by atoms with Gasteiger partial charge in [0.05, 0.1) is 12.0 Å². The Labute approximate surface area is 92.5 Å². The van der Waals surface area contributed by atoms with Crippen LogP contribution >= 0.6 is 0 Å². The number of rotatable bonds is 0. The molecule has 0 amide bonds. The summed E-state index contributed by atoms with van der Waals surface area (Å²) in [6, 6.07) is 0. The van der Waals surface area contributed by atoms with Gasteiger partial charge in [-0.1, -0.05) is 27.7 Å². The minimum atomic E-state index is 0.242. The highest BCUT2D eigenvalue weighted by atomic mass is 16.1. The molecule has 1 aromatic rings. The van der Waals surface area contributed by atoms with E-state index in [9.17, 15) is 4.79 Å². The number of carbonyl (C=O) groups excluding carboxylic acids is 1. The summed E-state index contributed by atoms with van der Waals surface area (Å²) >= 11 is 0. The molecule has 1 aliphatic carbocycles.